The molecular weight excluding hydrogens is 404 g/mol. The molecule has 9 nitrogen and oxygen atoms in total. The second-order valence-corrected chi connectivity index (χ2v) is 7.78. The first-order valence-corrected chi connectivity index (χ1v) is 10.3. The van der Waals surface area contributed by atoms with E-state index in [0.717, 1.165) is 42.1 Å². The molecule has 0 radical (unpaired) electrons. The standard InChI is InChI=1S/C23H24N8O/c1-29-7-9-31(10-8-29)22-11-16(5-6-24-22)23(32)28-21-12-20-17(13-25-21)3-4-19(27-20)18-14-26-30(2)15-18/h3-6,11-15H,7-10H2,1-2H3,(H,25,28,32)/i2D3. The molecule has 162 valence electrons. The van der Waals surface area contributed by atoms with E-state index in [9.17, 15) is 4.79 Å². The van der Waals surface area contributed by atoms with Crippen LogP contribution in [0.25, 0.3) is 22.2 Å². The SMILES string of the molecule is [2H]C([2H])([2H])n1cc(-c2ccc3cnc(NC(=O)c4ccnc(N5CCN(C)CC5)c4)cc3n2)cn1. The van der Waals surface area contributed by atoms with Gasteiger partial charge in [-0.1, -0.05) is 0 Å². The van der Waals surface area contributed by atoms with Gasteiger partial charge < -0.3 is 15.1 Å². The number of carbonyl (C=O) groups is 1. The zero-order valence-corrected chi connectivity index (χ0v) is 17.6. The highest BCUT2D eigenvalue weighted by Gasteiger charge is 2.17. The summed E-state index contributed by atoms with van der Waals surface area (Å²) in [5, 5.41) is 7.54. The van der Waals surface area contributed by atoms with Crippen LogP contribution in [0.15, 0.2) is 55.1 Å². The summed E-state index contributed by atoms with van der Waals surface area (Å²) >= 11 is 0. The average molecular weight is 432 g/mol. The van der Waals surface area contributed by atoms with Crippen molar-refractivity contribution in [1.82, 2.24) is 29.6 Å². The van der Waals surface area contributed by atoms with E-state index in [1.807, 2.05) is 6.07 Å². The molecular formula is C23H24N8O. The van der Waals surface area contributed by atoms with Crippen molar-refractivity contribution in [2.24, 2.45) is 6.98 Å². The first-order valence-electron chi connectivity index (χ1n) is 11.8. The molecule has 0 unspecified atom stereocenters. The number of hydrogen-bond donors (Lipinski definition) is 1. The summed E-state index contributed by atoms with van der Waals surface area (Å²) in [5.74, 6) is 0.856. The maximum Gasteiger partial charge on any atom is 0.257 e. The molecule has 1 saturated heterocycles. The lowest BCUT2D eigenvalue weighted by Crippen LogP contribution is -2.44. The second-order valence-electron chi connectivity index (χ2n) is 7.78. The molecule has 0 spiro atoms. The molecule has 4 aromatic heterocycles. The molecule has 0 aromatic carbocycles. The molecule has 1 aliphatic heterocycles. The molecule has 1 N–H and O–H groups in total. The van der Waals surface area contributed by atoms with E-state index in [-0.39, 0.29) is 5.91 Å². The van der Waals surface area contributed by atoms with E-state index in [2.05, 4.69) is 42.2 Å². The number of hydrogen-bond acceptors (Lipinski definition) is 7. The fourth-order valence-corrected chi connectivity index (χ4v) is 3.66. The van der Waals surface area contributed by atoms with E-state index < -0.39 is 6.98 Å². The van der Waals surface area contributed by atoms with Crippen molar-refractivity contribution >= 4 is 28.4 Å². The molecule has 0 saturated carbocycles. The van der Waals surface area contributed by atoms with Crippen LogP contribution in [-0.4, -0.2) is 68.8 Å². The van der Waals surface area contributed by atoms with Crippen molar-refractivity contribution in [3.63, 3.8) is 0 Å². The average Bonchev–Trinajstić information content (AvgIpc) is 3.35. The van der Waals surface area contributed by atoms with Gasteiger partial charge in [0.2, 0.25) is 0 Å². The number of rotatable bonds is 4. The molecule has 5 rings (SSSR count). The molecule has 4 aromatic rings. The largest absolute Gasteiger partial charge is 0.354 e. The summed E-state index contributed by atoms with van der Waals surface area (Å²) in [7, 11) is 2.09. The van der Waals surface area contributed by atoms with Gasteiger partial charge in [0.15, 0.2) is 0 Å². The quantitative estimate of drug-likeness (QED) is 0.531. The summed E-state index contributed by atoms with van der Waals surface area (Å²) in [6.45, 7) is 1.27. The summed E-state index contributed by atoms with van der Waals surface area (Å²) in [6.07, 6.45) is 6.18. The normalized spacial score (nSPS) is 16.4. The summed E-state index contributed by atoms with van der Waals surface area (Å²) in [5.41, 5.74) is 2.26. The minimum Gasteiger partial charge on any atom is -0.354 e. The van der Waals surface area contributed by atoms with Gasteiger partial charge >= 0.3 is 0 Å². The van der Waals surface area contributed by atoms with Gasteiger partial charge in [0, 0.05) is 78.4 Å². The van der Waals surface area contributed by atoms with E-state index in [4.69, 9.17) is 4.11 Å². The van der Waals surface area contributed by atoms with Gasteiger partial charge in [0.1, 0.15) is 11.6 Å². The summed E-state index contributed by atoms with van der Waals surface area (Å²) in [6, 6.07) is 8.77. The Kier molecular flexibility index (Phi) is 4.38. The van der Waals surface area contributed by atoms with Gasteiger partial charge in [-0.15, -0.1) is 0 Å². The molecule has 0 aliphatic carbocycles. The van der Waals surface area contributed by atoms with Gasteiger partial charge in [-0.25, -0.2) is 15.0 Å². The lowest BCUT2D eigenvalue weighted by atomic mass is 10.2. The zero-order valence-electron chi connectivity index (χ0n) is 20.6. The van der Waals surface area contributed by atoms with Crippen LogP contribution < -0.4 is 10.2 Å². The number of nitrogens with one attached hydrogen (secondary N) is 1. The van der Waals surface area contributed by atoms with Crippen LogP contribution in [0.4, 0.5) is 11.6 Å². The number of aryl methyl sites for hydroxylation is 1. The molecule has 1 fully saturated rings. The lowest BCUT2D eigenvalue weighted by molar-refractivity contribution is 0.102. The number of piperazine rings is 1. The predicted molar refractivity (Wildman–Crippen MR) is 124 cm³/mol. The third-order valence-corrected chi connectivity index (χ3v) is 5.53. The Balaban J connectivity index is 1.35. The number of fused-ring (bicyclic) bond motifs is 1. The van der Waals surface area contributed by atoms with Crippen LogP contribution in [0, 0.1) is 0 Å². The number of carbonyl (C=O) groups excluding carboxylic acids is 1. The lowest BCUT2D eigenvalue weighted by Gasteiger charge is -2.33. The van der Waals surface area contributed by atoms with Gasteiger partial charge in [-0.2, -0.15) is 5.10 Å². The van der Waals surface area contributed by atoms with Crippen molar-refractivity contribution in [2.45, 2.75) is 0 Å². The first kappa shape index (κ1) is 16.8. The molecule has 0 atom stereocenters. The number of amides is 1. The van der Waals surface area contributed by atoms with Crippen LogP contribution in [0.3, 0.4) is 0 Å². The van der Waals surface area contributed by atoms with Gasteiger partial charge in [-0.3, -0.25) is 9.48 Å². The van der Waals surface area contributed by atoms with Gasteiger partial charge in [0.05, 0.1) is 17.4 Å². The molecule has 1 amide bonds. The Morgan fingerprint density at radius 1 is 1.09 bits per heavy atom. The van der Waals surface area contributed by atoms with E-state index in [1.54, 1.807) is 36.7 Å². The van der Waals surface area contributed by atoms with Crippen molar-refractivity contribution in [1.29, 1.82) is 0 Å². The molecule has 5 heterocycles. The van der Waals surface area contributed by atoms with Crippen LogP contribution >= 0.6 is 0 Å². The third-order valence-electron chi connectivity index (χ3n) is 5.53. The maximum absolute atomic E-state index is 12.9. The number of nitrogens with zero attached hydrogens (tertiary/aromatic N) is 7. The highest BCUT2D eigenvalue weighted by Crippen LogP contribution is 2.22. The van der Waals surface area contributed by atoms with E-state index >= 15 is 0 Å². The third kappa shape index (κ3) is 4.15. The summed E-state index contributed by atoms with van der Waals surface area (Å²) < 4.78 is 23.4. The van der Waals surface area contributed by atoms with Crippen molar-refractivity contribution in [2.75, 3.05) is 43.4 Å². The second kappa shape index (κ2) is 8.35. The summed E-state index contributed by atoms with van der Waals surface area (Å²) in [4.78, 5) is 30.7. The molecule has 9 heteroatoms. The molecule has 0 bridgehead atoms. The van der Waals surface area contributed by atoms with Crippen LogP contribution in [-0.2, 0) is 6.98 Å². The molecule has 32 heavy (non-hydrogen) atoms. The monoisotopic (exact) mass is 431 g/mol. The number of aromatic nitrogens is 5. The highest BCUT2D eigenvalue weighted by atomic mass is 16.1. The topological polar surface area (TPSA) is 92.1 Å². The van der Waals surface area contributed by atoms with E-state index in [0.29, 0.717) is 28.2 Å². The van der Waals surface area contributed by atoms with Crippen LogP contribution in [0.5, 0.6) is 0 Å². The van der Waals surface area contributed by atoms with Crippen LogP contribution in [0.2, 0.25) is 0 Å². The van der Waals surface area contributed by atoms with Gasteiger partial charge in [0.25, 0.3) is 5.91 Å². The fourth-order valence-electron chi connectivity index (χ4n) is 3.66. The Morgan fingerprint density at radius 2 is 1.97 bits per heavy atom. The predicted octanol–water partition coefficient (Wildman–Crippen LogP) is 2.43. The molecule has 1 aliphatic rings. The Hall–Kier alpha value is -3.85. The fraction of sp³-hybridized carbons (Fsp3) is 0.261. The first-order chi connectivity index (χ1) is 16.8. The smallest absolute Gasteiger partial charge is 0.257 e. The van der Waals surface area contributed by atoms with Crippen molar-refractivity contribution < 1.29 is 8.91 Å². The maximum atomic E-state index is 12.9. The van der Waals surface area contributed by atoms with Crippen molar-refractivity contribution in [3.8, 4) is 11.3 Å². The van der Waals surface area contributed by atoms with E-state index in [1.165, 1.54) is 12.4 Å². The highest BCUT2D eigenvalue weighted by molar-refractivity contribution is 6.04. The Labute approximate surface area is 189 Å². The number of likely N-dealkylation sites (N-methyl/N-ethyl adjacent to an activating group) is 1. The van der Waals surface area contributed by atoms with Crippen molar-refractivity contribution in [3.05, 3.63) is 60.7 Å². The Morgan fingerprint density at radius 3 is 2.78 bits per heavy atom. The zero-order chi connectivity index (χ0) is 24.6. The van der Waals surface area contributed by atoms with Crippen LogP contribution in [0.1, 0.15) is 14.5 Å². The Bertz CT molecular complexity index is 1380. The van der Waals surface area contributed by atoms with Gasteiger partial charge in [-0.05, 0) is 31.3 Å². The number of anilines is 2. The minimum absolute atomic E-state index is 0.287. The minimum atomic E-state index is -2.35. The number of pyridine rings is 3.